The molecule has 0 aliphatic carbocycles. The van der Waals surface area contributed by atoms with Gasteiger partial charge in [-0.05, 0) is 37.7 Å². The minimum absolute atomic E-state index is 0.279. The Morgan fingerprint density at radius 3 is 2.46 bits per heavy atom. The highest BCUT2D eigenvalue weighted by atomic mass is 32.2. The van der Waals surface area contributed by atoms with E-state index in [-0.39, 0.29) is 6.42 Å². The van der Waals surface area contributed by atoms with Gasteiger partial charge in [0, 0.05) is 0 Å². The first kappa shape index (κ1) is 12.8. The van der Waals surface area contributed by atoms with E-state index >= 15 is 0 Å². The minimum Gasteiger partial charge on any atom is -0.479 e. The van der Waals surface area contributed by atoms with Crippen LogP contribution in [0.2, 0.25) is 0 Å². The first-order valence-electron chi connectivity index (χ1n) is 4.51. The molecule has 1 atom stereocenters. The maximum Gasteiger partial charge on any atom is 0.335 e. The quantitative estimate of drug-likeness (QED) is 0.623. The van der Waals surface area contributed by atoms with Gasteiger partial charge in [-0.15, -0.1) is 0 Å². The topological polar surface area (TPSA) is 57.5 Å². The molecule has 0 aromatic heterocycles. The third-order valence-corrected chi connectivity index (χ3v) is 2.87. The molecule has 0 amide bonds. The van der Waals surface area contributed by atoms with Crippen molar-refractivity contribution in [3.05, 3.63) is 0 Å². The third kappa shape index (κ3) is 4.52. The molecular weight excluding hydrogens is 188 g/mol. The molecular formula is C9H18O3S. The molecule has 0 spiro atoms. The second kappa shape index (κ2) is 6.27. The summed E-state index contributed by atoms with van der Waals surface area (Å²) in [5.41, 5.74) is -1.50. The van der Waals surface area contributed by atoms with E-state index in [1.165, 1.54) is 0 Å². The Balaban J connectivity index is 3.78. The van der Waals surface area contributed by atoms with Crippen LogP contribution in [0.25, 0.3) is 0 Å². The maximum absolute atomic E-state index is 10.7. The zero-order valence-corrected chi connectivity index (χ0v) is 9.06. The molecule has 3 nitrogen and oxygen atoms in total. The Kier molecular flexibility index (Phi) is 6.16. The highest BCUT2D eigenvalue weighted by Gasteiger charge is 2.32. The van der Waals surface area contributed by atoms with Crippen molar-refractivity contribution in [1.29, 1.82) is 0 Å². The molecule has 0 rings (SSSR count). The molecule has 0 fully saturated rings. The van der Waals surface area contributed by atoms with Crippen LogP contribution >= 0.6 is 11.8 Å². The molecule has 0 aliphatic rings. The van der Waals surface area contributed by atoms with Gasteiger partial charge in [-0.1, -0.05) is 6.92 Å². The molecule has 0 aliphatic heterocycles. The lowest BCUT2D eigenvalue weighted by molar-refractivity contribution is -0.159. The second-order valence-corrected chi connectivity index (χ2v) is 4.13. The van der Waals surface area contributed by atoms with E-state index in [1.54, 1.807) is 18.7 Å². The molecule has 78 valence electrons. The number of hydrogen-bond acceptors (Lipinski definition) is 3. The lowest BCUT2D eigenvalue weighted by Gasteiger charge is -2.21. The van der Waals surface area contributed by atoms with Crippen LogP contribution in [0.5, 0.6) is 0 Å². The Bertz CT molecular complexity index is 161. The van der Waals surface area contributed by atoms with Crippen molar-refractivity contribution in [3.63, 3.8) is 0 Å². The van der Waals surface area contributed by atoms with Crippen LogP contribution in [0, 0.1) is 0 Å². The van der Waals surface area contributed by atoms with Crippen molar-refractivity contribution in [2.45, 2.75) is 38.2 Å². The van der Waals surface area contributed by atoms with Gasteiger partial charge in [0.15, 0.2) is 5.60 Å². The maximum atomic E-state index is 10.7. The Morgan fingerprint density at radius 2 is 2.08 bits per heavy atom. The van der Waals surface area contributed by atoms with Crippen molar-refractivity contribution < 1.29 is 15.0 Å². The highest BCUT2D eigenvalue weighted by molar-refractivity contribution is 7.98. The summed E-state index contributed by atoms with van der Waals surface area (Å²) >= 11 is 1.74. The number of carbonyl (C=O) groups is 1. The highest BCUT2D eigenvalue weighted by Crippen LogP contribution is 2.19. The lowest BCUT2D eigenvalue weighted by Crippen LogP contribution is -2.37. The van der Waals surface area contributed by atoms with Crippen molar-refractivity contribution in [2.75, 3.05) is 12.0 Å². The van der Waals surface area contributed by atoms with Crippen LogP contribution in [0.3, 0.4) is 0 Å². The summed E-state index contributed by atoms with van der Waals surface area (Å²) in [6, 6.07) is 0. The fourth-order valence-corrected chi connectivity index (χ4v) is 1.59. The molecule has 4 heteroatoms. The van der Waals surface area contributed by atoms with E-state index in [0.717, 1.165) is 18.6 Å². The number of aliphatic hydroxyl groups is 1. The predicted molar refractivity (Wildman–Crippen MR) is 55.1 cm³/mol. The van der Waals surface area contributed by atoms with E-state index in [0.29, 0.717) is 6.42 Å². The molecule has 1 unspecified atom stereocenters. The van der Waals surface area contributed by atoms with Gasteiger partial charge >= 0.3 is 5.97 Å². The molecule has 0 aromatic rings. The number of aliphatic carboxylic acids is 1. The van der Waals surface area contributed by atoms with Gasteiger partial charge in [0.25, 0.3) is 0 Å². The van der Waals surface area contributed by atoms with Crippen LogP contribution in [-0.2, 0) is 4.79 Å². The fourth-order valence-electron chi connectivity index (χ4n) is 1.10. The summed E-state index contributed by atoms with van der Waals surface area (Å²) in [5.74, 6) is -0.0708. The van der Waals surface area contributed by atoms with Gasteiger partial charge in [-0.3, -0.25) is 0 Å². The van der Waals surface area contributed by atoms with Gasteiger partial charge in [-0.25, -0.2) is 4.79 Å². The smallest absolute Gasteiger partial charge is 0.335 e. The SMILES string of the molecule is CCC(O)(CCCCSC)C(=O)O. The van der Waals surface area contributed by atoms with E-state index in [4.69, 9.17) is 5.11 Å². The van der Waals surface area contributed by atoms with Crippen LogP contribution < -0.4 is 0 Å². The van der Waals surface area contributed by atoms with Gasteiger partial charge in [0.05, 0.1) is 0 Å². The molecule has 0 aromatic carbocycles. The predicted octanol–water partition coefficient (Wildman–Crippen LogP) is 1.75. The summed E-state index contributed by atoms with van der Waals surface area (Å²) in [5, 5.41) is 18.3. The summed E-state index contributed by atoms with van der Waals surface area (Å²) in [6.45, 7) is 1.70. The average molecular weight is 206 g/mol. The first-order valence-corrected chi connectivity index (χ1v) is 5.91. The summed E-state index contributed by atoms with van der Waals surface area (Å²) in [7, 11) is 0. The molecule has 0 radical (unpaired) electrons. The number of hydrogen-bond donors (Lipinski definition) is 2. The molecule has 0 bridgehead atoms. The van der Waals surface area contributed by atoms with Crippen LogP contribution in [0.1, 0.15) is 32.6 Å². The summed E-state index contributed by atoms with van der Waals surface area (Å²) in [4.78, 5) is 10.7. The summed E-state index contributed by atoms with van der Waals surface area (Å²) in [6.07, 6.45) is 4.40. The molecule has 2 N–H and O–H groups in total. The molecule has 0 heterocycles. The monoisotopic (exact) mass is 206 g/mol. The van der Waals surface area contributed by atoms with Gasteiger partial charge in [0.2, 0.25) is 0 Å². The number of rotatable bonds is 7. The normalized spacial score (nSPS) is 15.3. The Hall–Kier alpha value is -0.220. The van der Waals surface area contributed by atoms with Crippen molar-refractivity contribution in [1.82, 2.24) is 0 Å². The van der Waals surface area contributed by atoms with Crippen molar-refractivity contribution in [3.8, 4) is 0 Å². The Morgan fingerprint density at radius 1 is 1.46 bits per heavy atom. The standard InChI is InChI=1S/C9H18O3S/c1-3-9(12,8(10)11)6-4-5-7-13-2/h12H,3-7H2,1-2H3,(H,10,11). The van der Waals surface area contributed by atoms with Gasteiger partial charge in [-0.2, -0.15) is 11.8 Å². The fraction of sp³-hybridized carbons (Fsp3) is 0.889. The van der Waals surface area contributed by atoms with Gasteiger partial charge in [0.1, 0.15) is 0 Å². The van der Waals surface area contributed by atoms with Crippen LogP contribution in [-0.4, -0.2) is 33.8 Å². The number of unbranched alkanes of at least 4 members (excludes halogenated alkanes) is 1. The largest absolute Gasteiger partial charge is 0.479 e. The van der Waals surface area contributed by atoms with E-state index in [9.17, 15) is 9.90 Å². The third-order valence-electron chi connectivity index (χ3n) is 2.17. The number of carboxylic acid groups (broad SMARTS) is 1. The Labute approximate surface area is 83.5 Å². The minimum atomic E-state index is -1.50. The number of thioether (sulfide) groups is 1. The zero-order chi connectivity index (χ0) is 10.3. The van der Waals surface area contributed by atoms with Gasteiger partial charge < -0.3 is 10.2 Å². The second-order valence-electron chi connectivity index (χ2n) is 3.14. The van der Waals surface area contributed by atoms with E-state index < -0.39 is 11.6 Å². The first-order chi connectivity index (χ1) is 6.06. The molecule has 0 saturated carbocycles. The molecule has 0 saturated heterocycles. The zero-order valence-electron chi connectivity index (χ0n) is 8.25. The van der Waals surface area contributed by atoms with E-state index in [1.807, 2.05) is 6.26 Å². The van der Waals surface area contributed by atoms with Crippen LogP contribution in [0.4, 0.5) is 0 Å². The van der Waals surface area contributed by atoms with Crippen molar-refractivity contribution >= 4 is 17.7 Å². The lowest BCUT2D eigenvalue weighted by atomic mass is 9.94. The number of carboxylic acids is 1. The average Bonchev–Trinajstić information content (AvgIpc) is 2.12. The van der Waals surface area contributed by atoms with Crippen LogP contribution in [0.15, 0.2) is 0 Å². The van der Waals surface area contributed by atoms with Crippen molar-refractivity contribution in [2.24, 2.45) is 0 Å². The summed E-state index contributed by atoms with van der Waals surface area (Å²) < 4.78 is 0. The molecule has 13 heavy (non-hydrogen) atoms. The van der Waals surface area contributed by atoms with E-state index in [2.05, 4.69) is 0 Å².